The zero-order chi connectivity index (χ0) is 25.8. The molecule has 0 bridgehead atoms. The van der Waals surface area contributed by atoms with Crippen LogP contribution < -0.4 is 5.32 Å². The summed E-state index contributed by atoms with van der Waals surface area (Å²) in [6.45, 7) is 2.38. The number of rotatable bonds is 8. The van der Waals surface area contributed by atoms with E-state index in [0.29, 0.717) is 23.9 Å². The molecule has 0 aliphatic carbocycles. The van der Waals surface area contributed by atoms with Gasteiger partial charge in [0.25, 0.3) is 0 Å². The van der Waals surface area contributed by atoms with Gasteiger partial charge < -0.3 is 5.32 Å². The van der Waals surface area contributed by atoms with Crippen molar-refractivity contribution in [2.24, 2.45) is 0 Å². The fourth-order valence-corrected chi connectivity index (χ4v) is 6.57. The smallest absolute Gasteiger partial charge is 0.244 e. The number of benzene rings is 3. The molecule has 1 aromatic heterocycles. The van der Waals surface area contributed by atoms with E-state index in [-0.39, 0.29) is 17.3 Å². The summed E-state index contributed by atoms with van der Waals surface area (Å²) in [5.41, 5.74) is 3.70. The molecule has 11 heteroatoms. The summed E-state index contributed by atoms with van der Waals surface area (Å²) in [6.07, 6.45) is 0.312. The molecular weight excluding hydrogens is 508 g/mol. The Balaban J connectivity index is 1.29. The van der Waals surface area contributed by atoms with Gasteiger partial charge in [-0.05, 0) is 59.2 Å². The van der Waals surface area contributed by atoms with Gasteiger partial charge in [-0.25, -0.2) is 8.42 Å². The Morgan fingerprint density at radius 3 is 2.46 bits per heavy atom. The highest BCUT2D eigenvalue weighted by Crippen LogP contribution is 2.29. The molecule has 37 heavy (non-hydrogen) atoms. The highest BCUT2D eigenvalue weighted by Gasteiger charge is 2.39. The van der Waals surface area contributed by atoms with E-state index < -0.39 is 16.1 Å². The normalized spacial score (nSPS) is 15.8. The molecule has 0 radical (unpaired) electrons. The molecule has 4 aromatic rings. The number of aromatic nitrogens is 4. The lowest BCUT2D eigenvalue weighted by molar-refractivity contribution is -0.125. The molecule has 0 spiro atoms. The number of carbonyl (C=O) groups excluding carboxylic acids is 1. The Morgan fingerprint density at radius 1 is 1.00 bits per heavy atom. The first kappa shape index (κ1) is 25.1. The summed E-state index contributed by atoms with van der Waals surface area (Å²) >= 11 is 1.41. The number of tetrazole rings is 1. The summed E-state index contributed by atoms with van der Waals surface area (Å²) in [4.78, 5) is 13.5. The van der Waals surface area contributed by atoms with E-state index in [1.165, 1.54) is 16.1 Å². The summed E-state index contributed by atoms with van der Waals surface area (Å²) in [6, 6.07) is 23.1. The van der Waals surface area contributed by atoms with Crippen LogP contribution in [0, 0.1) is 6.92 Å². The number of thioether (sulfide) groups is 1. The fourth-order valence-electron chi connectivity index (χ4n) is 4.26. The molecule has 0 fully saturated rings. The molecule has 0 unspecified atom stereocenters. The Labute approximate surface area is 219 Å². The minimum absolute atomic E-state index is 0.144. The van der Waals surface area contributed by atoms with Crippen LogP contribution in [0.25, 0.3) is 5.69 Å². The van der Waals surface area contributed by atoms with Gasteiger partial charge in [-0.1, -0.05) is 71.9 Å². The van der Waals surface area contributed by atoms with Crippen LogP contribution >= 0.6 is 11.8 Å². The first-order valence-corrected chi connectivity index (χ1v) is 14.3. The van der Waals surface area contributed by atoms with Crippen molar-refractivity contribution < 1.29 is 13.2 Å². The largest absolute Gasteiger partial charge is 0.354 e. The molecule has 1 atom stereocenters. The second kappa shape index (κ2) is 10.8. The Morgan fingerprint density at radius 2 is 1.70 bits per heavy atom. The Kier molecular flexibility index (Phi) is 7.36. The van der Waals surface area contributed by atoms with Gasteiger partial charge in [-0.15, -0.1) is 5.10 Å². The summed E-state index contributed by atoms with van der Waals surface area (Å²) in [7, 11) is -3.88. The van der Waals surface area contributed by atoms with Crippen molar-refractivity contribution >= 4 is 27.7 Å². The van der Waals surface area contributed by atoms with E-state index in [9.17, 15) is 13.2 Å². The predicted octanol–water partition coefficient (Wildman–Crippen LogP) is 2.99. The van der Waals surface area contributed by atoms with Crippen molar-refractivity contribution in [3.05, 3.63) is 95.6 Å². The lowest BCUT2D eigenvalue weighted by Gasteiger charge is -2.35. The molecule has 3 aromatic carbocycles. The van der Waals surface area contributed by atoms with Gasteiger partial charge in [-0.2, -0.15) is 8.99 Å². The highest BCUT2D eigenvalue weighted by molar-refractivity contribution is 7.99. The molecule has 1 aliphatic heterocycles. The maximum atomic E-state index is 13.6. The van der Waals surface area contributed by atoms with Gasteiger partial charge in [-0.3, -0.25) is 4.79 Å². The predicted molar refractivity (Wildman–Crippen MR) is 141 cm³/mol. The van der Waals surface area contributed by atoms with Crippen molar-refractivity contribution in [1.82, 2.24) is 29.8 Å². The average Bonchev–Trinajstić information content (AvgIpc) is 3.39. The minimum atomic E-state index is -3.88. The van der Waals surface area contributed by atoms with Crippen molar-refractivity contribution in [1.29, 1.82) is 0 Å². The third-order valence-electron chi connectivity index (χ3n) is 6.21. The summed E-state index contributed by atoms with van der Waals surface area (Å²) in [5, 5.41) is 15.4. The molecule has 0 saturated heterocycles. The third kappa shape index (κ3) is 5.43. The van der Waals surface area contributed by atoms with E-state index in [0.717, 1.165) is 22.4 Å². The topological polar surface area (TPSA) is 110 Å². The van der Waals surface area contributed by atoms with Gasteiger partial charge in [0.05, 0.1) is 10.6 Å². The quantitative estimate of drug-likeness (QED) is 0.273. The molecule has 1 amide bonds. The third-order valence-corrected chi connectivity index (χ3v) is 9.00. The number of amides is 1. The van der Waals surface area contributed by atoms with E-state index in [4.69, 9.17) is 0 Å². The standard InChI is InChI=1S/C26H26N6O3S2/c1-19-11-13-23(14-12-19)37(34,35)31-18-21-8-6-5-7-20(21)17-24(31)25(33)27-15-16-36-26-28-29-30-32(26)22-9-3-2-4-10-22/h2-14,24H,15-18H2,1H3,(H,27,33)/t24-/m0/s1. The van der Waals surface area contributed by atoms with E-state index in [1.54, 1.807) is 28.9 Å². The number of nitrogens with one attached hydrogen (secondary N) is 1. The summed E-state index contributed by atoms with van der Waals surface area (Å²) in [5.74, 6) is 0.195. The van der Waals surface area contributed by atoms with Gasteiger partial charge in [0.1, 0.15) is 6.04 Å². The molecular formula is C26H26N6O3S2. The van der Waals surface area contributed by atoms with Gasteiger partial charge in [0, 0.05) is 18.8 Å². The van der Waals surface area contributed by atoms with Gasteiger partial charge in [0.2, 0.25) is 21.1 Å². The van der Waals surface area contributed by atoms with Crippen LogP contribution in [0.3, 0.4) is 0 Å². The molecule has 0 saturated carbocycles. The highest BCUT2D eigenvalue weighted by atomic mass is 32.2. The monoisotopic (exact) mass is 534 g/mol. The molecule has 1 aliphatic rings. The SMILES string of the molecule is Cc1ccc(S(=O)(=O)N2Cc3ccccc3C[C@H]2C(=O)NCCSc2nnnn2-c2ccccc2)cc1. The van der Waals surface area contributed by atoms with Crippen LogP contribution in [-0.4, -0.2) is 57.2 Å². The Hall–Kier alpha value is -3.54. The zero-order valence-electron chi connectivity index (χ0n) is 20.2. The fraction of sp³-hybridized carbons (Fsp3) is 0.231. The van der Waals surface area contributed by atoms with E-state index in [2.05, 4.69) is 20.8 Å². The maximum Gasteiger partial charge on any atom is 0.244 e. The van der Waals surface area contributed by atoms with Crippen LogP contribution in [0.4, 0.5) is 0 Å². The number of hydrogen-bond acceptors (Lipinski definition) is 7. The number of sulfonamides is 1. The first-order chi connectivity index (χ1) is 17.9. The minimum Gasteiger partial charge on any atom is -0.354 e. The molecule has 2 heterocycles. The second-order valence-corrected chi connectivity index (χ2v) is 11.7. The van der Waals surface area contributed by atoms with Crippen molar-refractivity contribution in [2.75, 3.05) is 12.3 Å². The molecule has 190 valence electrons. The zero-order valence-corrected chi connectivity index (χ0v) is 21.8. The number of carbonyl (C=O) groups is 1. The van der Waals surface area contributed by atoms with Gasteiger partial charge in [0.15, 0.2) is 0 Å². The Bertz CT molecular complexity index is 1490. The molecule has 9 nitrogen and oxygen atoms in total. The van der Waals surface area contributed by atoms with Crippen molar-refractivity contribution in [3.63, 3.8) is 0 Å². The van der Waals surface area contributed by atoms with Gasteiger partial charge >= 0.3 is 0 Å². The summed E-state index contributed by atoms with van der Waals surface area (Å²) < 4.78 is 30.2. The van der Waals surface area contributed by atoms with Crippen LogP contribution in [0.1, 0.15) is 16.7 Å². The van der Waals surface area contributed by atoms with Crippen LogP contribution in [-0.2, 0) is 27.8 Å². The van der Waals surface area contributed by atoms with Crippen LogP contribution in [0.15, 0.2) is 88.9 Å². The maximum absolute atomic E-state index is 13.6. The number of para-hydroxylation sites is 1. The van der Waals surface area contributed by atoms with Crippen molar-refractivity contribution in [2.45, 2.75) is 36.0 Å². The van der Waals surface area contributed by atoms with E-state index in [1.807, 2.05) is 61.5 Å². The molecule has 1 N–H and O–H groups in total. The average molecular weight is 535 g/mol. The number of hydrogen-bond donors (Lipinski definition) is 1. The van der Waals surface area contributed by atoms with Crippen LogP contribution in [0.2, 0.25) is 0 Å². The second-order valence-electron chi connectivity index (χ2n) is 8.70. The lowest BCUT2D eigenvalue weighted by atomic mass is 9.95. The number of nitrogens with zero attached hydrogens (tertiary/aromatic N) is 5. The van der Waals surface area contributed by atoms with E-state index >= 15 is 0 Å². The molecule has 5 rings (SSSR count). The lowest BCUT2D eigenvalue weighted by Crippen LogP contribution is -2.52. The first-order valence-electron chi connectivity index (χ1n) is 11.8. The van der Waals surface area contributed by atoms with Crippen molar-refractivity contribution in [3.8, 4) is 5.69 Å². The number of fused-ring (bicyclic) bond motifs is 1. The number of aryl methyl sites for hydroxylation is 1. The van der Waals surface area contributed by atoms with Crippen LogP contribution in [0.5, 0.6) is 0 Å².